The van der Waals surface area contributed by atoms with Crippen molar-refractivity contribution in [1.29, 1.82) is 0 Å². The number of phenolic OH excluding ortho intramolecular Hbond substituents is 1. The molecule has 0 aliphatic heterocycles. The van der Waals surface area contributed by atoms with Crippen molar-refractivity contribution in [3.8, 4) is 16.9 Å². The first-order valence-corrected chi connectivity index (χ1v) is 20.0. The molecule has 0 saturated carbocycles. The number of ether oxygens (including phenoxy) is 2. The van der Waals surface area contributed by atoms with Crippen LogP contribution in [-0.4, -0.2) is 35.6 Å². The minimum Gasteiger partial charge on any atom is -0.508 e. The van der Waals surface area contributed by atoms with Gasteiger partial charge in [0.1, 0.15) is 18.4 Å². The molecule has 6 nitrogen and oxygen atoms in total. The molecule has 7 heteroatoms. The molecule has 282 valence electrons. The van der Waals surface area contributed by atoms with Crippen LogP contribution in [0.2, 0.25) is 0 Å². The number of carbonyl (C=O) groups is 2. The molecule has 1 amide bonds. The van der Waals surface area contributed by atoms with Gasteiger partial charge in [-0.3, -0.25) is 0 Å². The van der Waals surface area contributed by atoms with Crippen LogP contribution in [-0.2, 0) is 19.0 Å². The number of amides is 1. The Kier molecular flexibility index (Phi) is 11.2. The monoisotopic (exact) mass is 767 g/mol. The molecule has 1 aliphatic rings. The van der Waals surface area contributed by atoms with E-state index in [0.717, 1.165) is 44.5 Å². The van der Waals surface area contributed by atoms with Crippen molar-refractivity contribution in [2.24, 2.45) is 0 Å². The maximum Gasteiger partial charge on any atom is 0.407 e. The normalized spacial score (nSPS) is 13.1. The summed E-state index contributed by atoms with van der Waals surface area (Å²) in [6.45, 7) is 0.0941. The molecule has 57 heavy (non-hydrogen) atoms. The Hall–Kier alpha value is -6.57. The molecule has 0 heterocycles. The van der Waals surface area contributed by atoms with Crippen molar-refractivity contribution in [2.75, 3.05) is 12.4 Å². The van der Waals surface area contributed by atoms with Gasteiger partial charge in [0.15, 0.2) is 6.10 Å². The number of fused-ring (bicyclic) bond motifs is 3. The summed E-state index contributed by atoms with van der Waals surface area (Å²) in [6, 6.07) is 61.8. The Morgan fingerprint density at radius 3 is 1.53 bits per heavy atom. The fourth-order valence-electron chi connectivity index (χ4n) is 7.73. The van der Waals surface area contributed by atoms with Gasteiger partial charge >= 0.3 is 12.1 Å². The molecule has 0 radical (unpaired) electrons. The molecular formula is C50H41NO5S. The second-order valence-corrected chi connectivity index (χ2v) is 15.2. The number of nitrogens with one attached hydrogen (secondary N) is 1. The third-order valence-electron chi connectivity index (χ3n) is 10.5. The van der Waals surface area contributed by atoms with Crippen molar-refractivity contribution in [3.63, 3.8) is 0 Å². The molecule has 0 fully saturated rings. The second kappa shape index (κ2) is 17.1. The van der Waals surface area contributed by atoms with Crippen LogP contribution < -0.4 is 5.32 Å². The number of thioether (sulfide) groups is 1. The second-order valence-electron chi connectivity index (χ2n) is 13.9. The van der Waals surface area contributed by atoms with Crippen LogP contribution in [0.1, 0.15) is 51.0 Å². The molecule has 2 atom stereocenters. The first-order chi connectivity index (χ1) is 28.0. The summed E-state index contributed by atoms with van der Waals surface area (Å²) in [5, 5.41) is 13.0. The van der Waals surface area contributed by atoms with Crippen LogP contribution in [0.5, 0.6) is 5.75 Å². The van der Waals surface area contributed by atoms with Gasteiger partial charge in [0.2, 0.25) is 0 Å². The fraction of sp³-hybridized carbons (Fsp3) is 0.120. The summed E-state index contributed by atoms with van der Waals surface area (Å²) in [6.07, 6.45) is -1.52. The summed E-state index contributed by atoms with van der Waals surface area (Å²) < 4.78 is 11.6. The SMILES string of the molecule is O=C(N[C@@H](CSC(c1ccccc1)(c1ccccc1)c1ccccc1)C(=O)OC(c1ccccc1)c1ccc(O)cc1)OCC1c2ccccc2-c2ccccc21. The molecular weight excluding hydrogens is 727 g/mol. The molecule has 7 aromatic carbocycles. The third-order valence-corrected chi connectivity index (χ3v) is 12.1. The van der Waals surface area contributed by atoms with Gasteiger partial charge < -0.3 is 19.9 Å². The van der Waals surface area contributed by atoms with Crippen molar-refractivity contribution < 1.29 is 24.2 Å². The lowest BCUT2D eigenvalue weighted by atomic mass is 9.84. The highest BCUT2D eigenvalue weighted by molar-refractivity contribution is 8.00. The Morgan fingerprint density at radius 2 is 1.02 bits per heavy atom. The number of aromatic hydroxyl groups is 1. The summed E-state index contributed by atoms with van der Waals surface area (Å²) in [5.41, 5.74) is 8.92. The average Bonchev–Trinajstić information content (AvgIpc) is 3.59. The standard InChI is InChI=1S/C50H41NO5S/c52-40-31-29-36(30-32-40)47(35-17-5-1-6-18-35)56-48(53)46(51-49(54)55-33-45-43-27-15-13-25-41(43)42-26-14-16-28-44(42)45)34-57-50(37-19-7-2-8-20-37,38-21-9-3-10-22-38)39-23-11-4-12-24-39/h1-32,45-47,52H,33-34H2,(H,51,54)/t46-,47?/m0/s1. The molecule has 1 unspecified atom stereocenters. The van der Waals surface area contributed by atoms with Crippen LogP contribution in [0.4, 0.5) is 4.79 Å². The lowest BCUT2D eigenvalue weighted by Gasteiger charge is -2.36. The summed E-state index contributed by atoms with van der Waals surface area (Å²) in [4.78, 5) is 28.6. The van der Waals surface area contributed by atoms with E-state index in [-0.39, 0.29) is 24.0 Å². The molecule has 0 bridgehead atoms. The van der Waals surface area contributed by atoms with E-state index < -0.39 is 29.0 Å². The molecule has 0 saturated heterocycles. The predicted octanol–water partition coefficient (Wildman–Crippen LogP) is 10.7. The zero-order chi connectivity index (χ0) is 39.0. The zero-order valence-corrected chi connectivity index (χ0v) is 31.9. The van der Waals surface area contributed by atoms with E-state index in [1.165, 1.54) is 0 Å². The number of rotatable bonds is 13. The molecule has 1 aliphatic carbocycles. The molecule has 0 aromatic heterocycles. The summed E-state index contributed by atoms with van der Waals surface area (Å²) in [7, 11) is 0. The van der Waals surface area contributed by atoms with E-state index in [9.17, 15) is 14.7 Å². The number of alkyl carbamates (subject to hydrolysis) is 1. The average molecular weight is 768 g/mol. The van der Waals surface area contributed by atoms with Gasteiger partial charge in [-0.1, -0.05) is 182 Å². The Morgan fingerprint density at radius 1 is 0.579 bits per heavy atom. The Labute approximate surface area is 337 Å². The van der Waals surface area contributed by atoms with Crippen LogP contribution in [0, 0.1) is 0 Å². The van der Waals surface area contributed by atoms with E-state index in [4.69, 9.17) is 9.47 Å². The highest BCUT2D eigenvalue weighted by Crippen LogP contribution is 2.49. The van der Waals surface area contributed by atoms with Gasteiger partial charge in [0.05, 0.1) is 4.75 Å². The molecule has 8 rings (SSSR count). The van der Waals surface area contributed by atoms with Crippen molar-refractivity contribution in [3.05, 3.63) is 233 Å². The highest BCUT2D eigenvalue weighted by atomic mass is 32.2. The maximum atomic E-state index is 14.7. The quantitative estimate of drug-likeness (QED) is 0.0898. The lowest BCUT2D eigenvalue weighted by molar-refractivity contribution is -0.149. The first kappa shape index (κ1) is 37.4. The largest absolute Gasteiger partial charge is 0.508 e. The molecule has 0 spiro atoms. The van der Waals surface area contributed by atoms with Gasteiger partial charge in [-0.2, -0.15) is 0 Å². The lowest BCUT2D eigenvalue weighted by Crippen LogP contribution is -2.45. The molecule has 7 aromatic rings. The van der Waals surface area contributed by atoms with E-state index >= 15 is 0 Å². The first-order valence-electron chi connectivity index (χ1n) is 19.0. The topological polar surface area (TPSA) is 84.9 Å². The summed E-state index contributed by atoms with van der Waals surface area (Å²) in [5.74, 6) is -0.538. The van der Waals surface area contributed by atoms with Gasteiger partial charge in [0.25, 0.3) is 0 Å². The predicted molar refractivity (Wildman–Crippen MR) is 226 cm³/mol. The van der Waals surface area contributed by atoms with Crippen molar-refractivity contribution in [1.82, 2.24) is 5.32 Å². The maximum absolute atomic E-state index is 14.7. The van der Waals surface area contributed by atoms with Crippen LogP contribution in [0.25, 0.3) is 11.1 Å². The van der Waals surface area contributed by atoms with Crippen LogP contribution in [0.15, 0.2) is 194 Å². The third kappa shape index (κ3) is 7.93. The number of esters is 1. The summed E-state index contributed by atoms with van der Waals surface area (Å²) >= 11 is 1.55. The highest BCUT2D eigenvalue weighted by Gasteiger charge is 2.40. The zero-order valence-electron chi connectivity index (χ0n) is 31.1. The van der Waals surface area contributed by atoms with E-state index in [1.54, 1.807) is 36.0 Å². The number of carbonyl (C=O) groups excluding carboxylic acids is 2. The molecule has 2 N–H and O–H groups in total. The van der Waals surface area contributed by atoms with Gasteiger partial charge in [-0.15, -0.1) is 11.8 Å². The number of hydrogen-bond donors (Lipinski definition) is 2. The van der Waals surface area contributed by atoms with Crippen molar-refractivity contribution >= 4 is 23.8 Å². The smallest absolute Gasteiger partial charge is 0.407 e. The van der Waals surface area contributed by atoms with Crippen LogP contribution in [0.3, 0.4) is 0 Å². The van der Waals surface area contributed by atoms with Crippen molar-refractivity contribution in [2.45, 2.75) is 22.8 Å². The van der Waals surface area contributed by atoms with Gasteiger partial charge in [-0.05, 0) is 62.2 Å². The van der Waals surface area contributed by atoms with Crippen LogP contribution >= 0.6 is 11.8 Å². The van der Waals surface area contributed by atoms with E-state index in [2.05, 4.69) is 66.0 Å². The van der Waals surface area contributed by atoms with E-state index in [1.807, 2.05) is 109 Å². The Bertz CT molecular complexity index is 2280. The van der Waals surface area contributed by atoms with Gasteiger partial charge in [0, 0.05) is 11.7 Å². The minimum absolute atomic E-state index is 0.0941. The number of phenols is 1. The number of benzene rings is 7. The Balaban J connectivity index is 1.13. The van der Waals surface area contributed by atoms with Gasteiger partial charge in [-0.25, -0.2) is 9.59 Å². The minimum atomic E-state index is -1.12. The van der Waals surface area contributed by atoms with E-state index in [0.29, 0.717) is 5.56 Å². The number of hydrogen-bond acceptors (Lipinski definition) is 6. The fourth-order valence-corrected chi connectivity index (χ4v) is 9.28.